The Labute approximate surface area is 290 Å². The highest BCUT2D eigenvalue weighted by Crippen LogP contribution is 2.53. The van der Waals surface area contributed by atoms with E-state index in [9.17, 15) is 4.79 Å². The quantitative estimate of drug-likeness (QED) is 0.183. The van der Waals surface area contributed by atoms with Crippen LogP contribution in [0.1, 0.15) is 85.8 Å². The Kier molecular flexibility index (Phi) is 9.21. The van der Waals surface area contributed by atoms with Crippen LogP contribution in [0.4, 0.5) is 5.69 Å². The van der Waals surface area contributed by atoms with Gasteiger partial charge in [-0.2, -0.15) is 0 Å². The summed E-state index contributed by atoms with van der Waals surface area (Å²) < 4.78 is 11.9. The van der Waals surface area contributed by atoms with Gasteiger partial charge in [-0.1, -0.05) is 38.1 Å². The van der Waals surface area contributed by atoms with E-state index in [2.05, 4.69) is 68.8 Å². The van der Waals surface area contributed by atoms with Crippen LogP contribution in [0, 0.1) is 11.3 Å². The Morgan fingerprint density at radius 3 is 2.63 bits per heavy atom. The second-order valence-corrected chi connectivity index (χ2v) is 15.4. The molecule has 8 nitrogen and oxygen atoms in total. The predicted octanol–water partition coefficient (Wildman–Crippen LogP) is 7.83. The van der Waals surface area contributed by atoms with Crippen molar-refractivity contribution in [1.29, 1.82) is 0 Å². The monoisotopic (exact) mass is 661 g/mol. The zero-order valence-electron chi connectivity index (χ0n) is 29.2. The van der Waals surface area contributed by atoms with Crippen molar-refractivity contribution in [3.05, 3.63) is 83.7 Å². The SMILES string of the molecule is CC(C)c1ccccc1C1CN(CC2CCOCC2)CCN1C1CC2(CCN(c3ccc(C=O)c(Oc4cnc5[nH]ccc5c4)c3)CC2)C1. The number of fused-ring (bicyclic) bond motifs is 1. The lowest BCUT2D eigenvalue weighted by Crippen LogP contribution is -2.60. The van der Waals surface area contributed by atoms with Crippen LogP contribution in [0.15, 0.2) is 67.0 Å². The average Bonchev–Trinajstić information content (AvgIpc) is 3.59. The molecule has 1 unspecified atom stereocenters. The molecule has 1 atom stereocenters. The summed E-state index contributed by atoms with van der Waals surface area (Å²) >= 11 is 0. The number of aldehydes is 1. The molecule has 3 saturated heterocycles. The van der Waals surface area contributed by atoms with Gasteiger partial charge in [-0.25, -0.2) is 4.98 Å². The van der Waals surface area contributed by atoms with Gasteiger partial charge in [-0.05, 0) is 91.2 Å². The Balaban J connectivity index is 0.931. The van der Waals surface area contributed by atoms with E-state index in [1.807, 2.05) is 30.5 Å². The summed E-state index contributed by atoms with van der Waals surface area (Å²) in [6, 6.07) is 20.3. The number of nitrogens with one attached hydrogen (secondary N) is 1. The van der Waals surface area contributed by atoms with E-state index >= 15 is 0 Å². The Bertz CT molecular complexity index is 1750. The molecular formula is C41H51N5O3. The zero-order chi connectivity index (χ0) is 33.4. The number of piperidine rings is 1. The van der Waals surface area contributed by atoms with Gasteiger partial charge in [0.15, 0.2) is 6.29 Å². The van der Waals surface area contributed by atoms with Gasteiger partial charge in [0.2, 0.25) is 0 Å². The van der Waals surface area contributed by atoms with Crippen LogP contribution >= 0.6 is 0 Å². The van der Waals surface area contributed by atoms with Crippen LogP contribution < -0.4 is 9.64 Å². The van der Waals surface area contributed by atoms with E-state index in [0.717, 1.165) is 68.3 Å². The molecule has 1 spiro atoms. The summed E-state index contributed by atoms with van der Waals surface area (Å²) in [5.74, 6) is 2.50. The molecular weight excluding hydrogens is 610 g/mol. The number of hydrogen-bond donors (Lipinski definition) is 1. The number of nitrogens with zero attached hydrogens (tertiary/aromatic N) is 4. The molecule has 258 valence electrons. The summed E-state index contributed by atoms with van der Waals surface area (Å²) in [6.45, 7) is 13.3. The number of aromatic nitrogens is 2. The maximum absolute atomic E-state index is 11.9. The molecule has 49 heavy (non-hydrogen) atoms. The van der Waals surface area contributed by atoms with E-state index < -0.39 is 0 Å². The standard InChI is InChI=1S/C41H51N5O3/c1-29(2)36-5-3-4-6-37(36)38-27-44(26-30-10-19-48-20-11-30)17-18-46(38)34-23-41(24-34)12-15-45(16-13-41)33-8-7-32(28-47)39(22-33)49-35-21-31-9-14-42-40(31)43-25-35/h3-9,14,21-22,25,28-30,34,38H,10-13,15-20,23-24,26-27H2,1-2H3,(H,42,43). The minimum atomic E-state index is 0.433. The van der Waals surface area contributed by atoms with E-state index in [1.165, 1.54) is 57.2 Å². The first-order valence-electron chi connectivity index (χ1n) is 18.6. The van der Waals surface area contributed by atoms with Crippen LogP contribution in [0.5, 0.6) is 11.5 Å². The molecule has 2 aromatic carbocycles. The molecule has 1 saturated carbocycles. The molecule has 2 aromatic heterocycles. The maximum Gasteiger partial charge on any atom is 0.153 e. The number of H-pyrrole nitrogens is 1. The first-order chi connectivity index (χ1) is 24.0. The van der Waals surface area contributed by atoms with Gasteiger partial charge >= 0.3 is 0 Å². The third kappa shape index (κ3) is 6.75. The van der Waals surface area contributed by atoms with Crippen LogP contribution in [0.3, 0.4) is 0 Å². The summed E-state index contributed by atoms with van der Waals surface area (Å²) in [4.78, 5) is 27.6. The van der Waals surface area contributed by atoms with Gasteiger partial charge in [0, 0.05) is 87.9 Å². The summed E-state index contributed by atoms with van der Waals surface area (Å²) in [7, 11) is 0. The van der Waals surface area contributed by atoms with Crippen molar-refractivity contribution in [1.82, 2.24) is 19.8 Å². The van der Waals surface area contributed by atoms with Gasteiger partial charge < -0.3 is 19.4 Å². The molecule has 0 bridgehead atoms. The fraction of sp³-hybridized carbons (Fsp3) is 0.512. The average molecular weight is 662 g/mol. The van der Waals surface area contributed by atoms with Gasteiger partial charge in [-0.3, -0.25) is 14.6 Å². The zero-order valence-corrected chi connectivity index (χ0v) is 29.2. The highest BCUT2D eigenvalue weighted by atomic mass is 16.5. The smallest absolute Gasteiger partial charge is 0.153 e. The molecule has 4 fully saturated rings. The number of carbonyl (C=O) groups excluding carboxylic acids is 1. The second-order valence-electron chi connectivity index (χ2n) is 15.4. The molecule has 0 amide bonds. The second kappa shape index (κ2) is 13.9. The van der Waals surface area contributed by atoms with Gasteiger partial charge in [0.05, 0.1) is 11.8 Å². The molecule has 1 N–H and O–H groups in total. The third-order valence-corrected chi connectivity index (χ3v) is 12.1. The number of benzene rings is 2. The van der Waals surface area contributed by atoms with E-state index in [0.29, 0.717) is 40.5 Å². The highest BCUT2D eigenvalue weighted by molar-refractivity contribution is 5.81. The van der Waals surface area contributed by atoms with E-state index in [1.54, 1.807) is 11.8 Å². The van der Waals surface area contributed by atoms with Crippen molar-refractivity contribution in [2.24, 2.45) is 11.3 Å². The minimum Gasteiger partial charge on any atom is -0.455 e. The summed E-state index contributed by atoms with van der Waals surface area (Å²) in [6.07, 6.45) is 11.9. The predicted molar refractivity (Wildman–Crippen MR) is 195 cm³/mol. The fourth-order valence-electron chi connectivity index (χ4n) is 9.20. The Morgan fingerprint density at radius 1 is 1.02 bits per heavy atom. The molecule has 0 radical (unpaired) electrons. The molecule has 1 aliphatic carbocycles. The lowest BCUT2D eigenvalue weighted by atomic mass is 9.59. The van der Waals surface area contributed by atoms with Crippen molar-refractivity contribution in [2.75, 3.05) is 57.4 Å². The number of rotatable bonds is 9. The number of aromatic amines is 1. The summed E-state index contributed by atoms with van der Waals surface area (Å²) in [5, 5.41) is 0.980. The first-order valence-corrected chi connectivity index (χ1v) is 18.6. The van der Waals surface area contributed by atoms with Crippen molar-refractivity contribution in [3.8, 4) is 11.5 Å². The van der Waals surface area contributed by atoms with Crippen molar-refractivity contribution >= 4 is 23.0 Å². The van der Waals surface area contributed by atoms with Gasteiger partial charge in [-0.15, -0.1) is 0 Å². The third-order valence-electron chi connectivity index (χ3n) is 12.1. The molecule has 4 aromatic rings. The largest absolute Gasteiger partial charge is 0.455 e. The number of piperazine rings is 1. The van der Waals surface area contributed by atoms with Crippen molar-refractivity contribution in [3.63, 3.8) is 0 Å². The number of carbonyl (C=O) groups is 1. The van der Waals surface area contributed by atoms with Gasteiger partial charge in [0.25, 0.3) is 0 Å². The van der Waals surface area contributed by atoms with Crippen LogP contribution in [-0.4, -0.2) is 84.6 Å². The highest BCUT2D eigenvalue weighted by Gasteiger charge is 2.50. The van der Waals surface area contributed by atoms with Gasteiger partial charge in [0.1, 0.15) is 17.1 Å². The fourth-order valence-corrected chi connectivity index (χ4v) is 9.20. The van der Waals surface area contributed by atoms with E-state index in [-0.39, 0.29) is 0 Å². The number of anilines is 1. The van der Waals surface area contributed by atoms with Crippen LogP contribution in [-0.2, 0) is 4.74 Å². The Morgan fingerprint density at radius 2 is 1.84 bits per heavy atom. The molecule has 5 heterocycles. The van der Waals surface area contributed by atoms with Crippen molar-refractivity contribution < 1.29 is 14.3 Å². The molecule has 8 rings (SSSR count). The van der Waals surface area contributed by atoms with Crippen LogP contribution in [0.2, 0.25) is 0 Å². The topological polar surface area (TPSA) is 73.9 Å². The first kappa shape index (κ1) is 32.5. The normalized spacial score (nSPS) is 22.5. The molecule has 8 heteroatoms. The number of pyridine rings is 1. The Hall–Kier alpha value is -3.72. The molecule has 3 aliphatic heterocycles. The molecule has 4 aliphatic rings. The number of hydrogen-bond acceptors (Lipinski definition) is 7. The van der Waals surface area contributed by atoms with Crippen molar-refractivity contribution in [2.45, 2.75) is 70.4 Å². The lowest BCUT2D eigenvalue weighted by molar-refractivity contribution is -0.0652. The number of ether oxygens (including phenoxy) is 2. The van der Waals surface area contributed by atoms with Crippen LogP contribution in [0.25, 0.3) is 11.0 Å². The minimum absolute atomic E-state index is 0.433. The summed E-state index contributed by atoms with van der Waals surface area (Å²) in [5.41, 5.74) is 5.98. The maximum atomic E-state index is 11.9. The van der Waals surface area contributed by atoms with E-state index in [4.69, 9.17) is 9.47 Å². The lowest BCUT2D eigenvalue weighted by Gasteiger charge is -2.58.